The van der Waals surface area contributed by atoms with Crippen LogP contribution in [0.2, 0.25) is 0 Å². The van der Waals surface area contributed by atoms with E-state index in [9.17, 15) is 4.79 Å². The quantitative estimate of drug-likeness (QED) is 0.773. The Morgan fingerprint density at radius 3 is 2.64 bits per heavy atom. The number of nitrogens with zero attached hydrogens (tertiary/aromatic N) is 3. The number of rotatable bonds is 5. The minimum absolute atomic E-state index is 0.0975. The van der Waals surface area contributed by atoms with Gasteiger partial charge in [0.15, 0.2) is 5.69 Å². The van der Waals surface area contributed by atoms with E-state index in [0.29, 0.717) is 6.42 Å². The van der Waals surface area contributed by atoms with Gasteiger partial charge < -0.3 is 5.11 Å². The fourth-order valence-corrected chi connectivity index (χ4v) is 1.37. The maximum atomic E-state index is 10.8. The molecule has 1 aromatic heterocycles. The van der Waals surface area contributed by atoms with Crippen molar-refractivity contribution < 1.29 is 9.90 Å². The van der Waals surface area contributed by atoms with Gasteiger partial charge in [0, 0.05) is 6.54 Å². The van der Waals surface area contributed by atoms with E-state index in [2.05, 4.69) is 10.3 Å². The maximum Gasteiger partial charge on any atom is 0.358 e. The molecular weight excluding hydrogens is 182 g/mol. The second-order valence-electron chi connectivity index (χ2n) is 3.16. The first-order chi connectivity index (χ1) is 6.70. The average molecular weight is 197 g/mol. The van der Waals surface area contributed by atoms with Crippen molar-refractivity contribution in [1.29, 1.82) is 0 Å². The van der Waals surface area contributed by atoms with E-state index >= 15 is 0 Å². The summed E-state index contributed by atoms with van der Waals surface area (Å²) in [6.45, 7) is 4.77. The fraction of sp³-hybridized carbons (Fsp3) is 0.667. The largest absolute Gasteiger partial charge is 0.476 e. The van der Waals surface area contributed by atoms with E-state index in [1.807, 2.05) is 13.8 Å². The molecule has 5 heteroatoms. The Morgan fingerprint density at radius 2 is 2.14 bits per heavy atom. The number of aromatic nitrogens is 3. The summed E-state index contributed by atoms with van der Waals surface area (Å²) in [7, 11) is 0. The lowest BCUT2D eigenvalue weighted by molar-refractivity contribution is 0.0689. The molecule has 14 heavy (non-hydrogen) atoms. The summed E-state index contributed by atoms with van der Waals surface area (Å²) in [6, 6.07) is 0. The number of carboxylic acid groups (broad SMARTS) is 1. The standard InChI is InChI=1S/C9H15N3O2/c1-3-5-7-8(9(13)14)10-11-12(7)6-4-2/h3-6H2,1-2H3,(H,13,14). The number of aromatic carboxylic acids is 1. The van der Waals surface area contributed by atoms with Gasteiger partial charge in [-0.05, 0) is 12.8 Å². The molecule has 0 aliphatic rings. The molecule has 1 N–H and O–H groups in total. The average Bonchev–Trinajstić information content (AvgIpc) is 2.50. The smallest absolute Gasteiger partial charge is 0.358 e. The Bertz CT molecular complexity index is 320. The van der Waals surface area contributed by atoms with E-state index in [1.54, 1.807) is 4.68 Å². The zero-order valence-corrected chi connectivity index (χ0v) is 8.53. The highest BCUT2D eigenvalue weighted by atomic mass is 16.4. The monoisotopic (exact) mass is 197 g/mol. The van der Waals surface area contributed by atoms with Crippen LogP contribution in [0.25, 0.3) is 0 Å². The summed E-state index contributed by atoms with van der Waals surface area (Å²) >= 11 is 0. The molecule has 5 nitrogen and oxygen atoms in total. The van der Waals surface area contributed by atoms with E-state index in [1.165, 1.54) is 0 Å². The van der Waals surface area contributed by atoms with Crippen LogP contribution in [-0.2, 0) is 13.0 Å². The Balaban J connectivity index is 3.00. The van der Waals surface area contributed by atoms with Crippen LogP contribution in [0.5, 0.6) is 0 Å². The van der Waals surface area contributed by atoms with Gasteiger partial charge in [-0.1, -0.05) is 25.5 Å². The van der Waals surface area contributed by atoms with Crippen molar-refractivity contribution in [3.63, 3.8) is 0 Å². The second kappa shape index (κ2) is 4.74. The topological polar surface area (TPSA) is 68.0 Å². The molecule has 0 unspecified atom stereocenters. The van der Waals surface area contributed by atoms with Crippen molar-refractivity contribution in [3.8, 4) is 0 Å². The highest BCUT2D eigenvalue weighted by molar-refractivity contribution is 5.86. The van der Waals surface area contributed by atoms with Gasteiger partial charge in [0.05, 0.1) is 5.69 Å². The molecule has 0 atom stereocenters. The first-order valence-electron chi connectivity index (χ1n) is 4.86. The van der Waals surface area contributed by atoms with E-state index in [0.717, 1.165) is 25.1 Å². The molecule has 0 aromatic carbocycles. The summed E-state index contributed by atoms with van der Waals surface area (Å²) in [4.78, 5) is 10.8. The molecular formula is C9H15N3O2. The normalized spacial score (nSPS) is 10.4. The highest BCUT2D eigenvalue weighted by Crippen LogP contribution is 2.08. The van der Waals surface area contributed by atoms with Crippen molar-refractivity contribution in [3.05, 3.63) is 11.4 Å². The lowest BCUT2D eigenvalue weighted by Crippen LogP contribution is -2.08. The summed E-state index contributed by atoms with van der Waals surface area (Å²) < 4.78 is 1.69. The predicted octanol–water partition coefficient (Wildman–Crippen LogP) is 1.34. The Hall–Kier alpha value is -1.39. The zero-order valence-electron chi connectivity index (χ0n) is 8.53. The number of hydrogen-bond donors (Lipinski definition) is 1. The molecule has 1 aromatic rings. The molecule has 1 heterocycles. The van der Waals surface area contributed by atoms with Crippen LogP contribution in [0.4, 0.5) is 0 Å². The molecule has 0 aliphatic carbocycles. The number of hydrogen-bond acceptors (Lipinski definition) is 3. The summed E-state index contributed by atoms with van der Waals surface area (Å²) in [5, 5.41) is 16.4. The molecule has 0 saturated heterocycles. The molecule has 0 bridgehead atoms. The highest BCUT2D eigenvalue weighted by Gasteiger charge is 2.17. The third kappa shape index (κ3) is 2.10. The summed E-state index contributed by atoms with van der Waals surface area (Å²) in [5.41, 5.74) is 0.835. The molecule has 0 fully saturated rings. The Kier molecular flexibility index (Phi) is 3.62. The SMILES string of the molecule is CCCc1c(C(=O)O)nnn1CCC. The van der Waals surface area contributed by atoms with Crippen molar-refractivity contribution in [2.45, 2.75) is 39.7 Å². The van der Waals surface area contributed by atoms with E-state index < -0.39 is 5.97 Å². The number of carboxylic acids is 1. The minimum atomic E-state index is -0.990. The second-order valence-corrected chi connectivity index (χ2v) is 3.16. The van der Waals surface area contributed by atoms with Crippen molar-refractivity contribution >= 4 is 5.97 Å². The van der Waals surface area contributed by atoms with Gasteiger partial charge >= 0.3 is 5.97 Å². The van der Waals surface area contributed by atoms with Crippen LogP contribution in [0.3, 0.4) is 0 Å². The third-order valence-corrected chi connectivity index (χ3v) is 1.96. The van der Waals surface area contributed by atoms with Gasteiger partial charge in [-0.15, -0.1) is 5.10 Å². The molecule has 0 radical (unpaired) electrons. The summed E-state index contributed by atoms with van der Waals surface area (Å²) in [6.07, 6.45) is 2.55. The maximum absolute atomic E-state index is 10.8. The summed E-state index contributed by atoms with van der Waals surface area (Å²) in [5.74, 6) is -0.990. The van der Waals surface area contributed by atoms with Crippen molar-refractivity contribution in [1.82, 2.24) is 15.0 Å². The molecule has 78 valence electrons. The van der Waals surface area contributed by atoms with Gasteiger partial charge in [-0.3, -0.25) is 0 Å². The Labute approximate surface area is 82.7 Å². The van der Waals surface area contributed by atoms with Crippen LogP contribution in [0, 0.1) is 0 Å². The lowest BCUT2D eigenvalue weighted by Gasteiger charge is -2.03. The molecule has 0 aliphatic heterocycles. The zero-order chi connectivity index (χ0) is 10.6. The lowest BCUT2D eigenvalue weighted by atomic mass is 10.2. The van der Waals surface area contributed by atoms with Gasteiger partial charge in [-0.25, -0.2) is 9.48 Å². The molecule has 0 saturated carbocycles. The minimum Gasteiger partial charge on any atom is -0.476 e. The Morgan fingerprint density at radius 1 is 1.43 bits per heavy atom. The first-order valence-corrected chi connectivity index (χ1v) is 4.86. The van der Waals surface area contributed by atoms with Gasteiger partial charge in [0.2, 0.25) is 0 Å². The van der Waals surface area contributed by atoms with Crippen LogP contribution >= 0.6 is 0 Å². The van der Waals surface area contributed by atoms with E-state index in [-0.39, 0.29) is 5.69 Å². The van der Waals surface area contributed by atoms with Crippen molar-refractivity contribution in [2.75, 3.05) is 0 Å². The molecule has 1 rings (SSSR count). The van der Waals surface area contributed by atoms with E-state index in [4.69, 9.17) is 5.11 Å². The van der Waals surface area contributed by atoms with Crippen LogP contribution in [0.1, 0.15) is 42.9 Å². The first kappa shape index (κ1) is 10.7. The van der Waals surface area contributed by atoms with Crippen LogP contribution in [0.15, 0.2) is 0 Å². The molecule has 0 spiro atoms. The molecule has 0 amide bonds. The van der Waals surface area contributed by atoms with Crippen LogP contribution < -0.4 is 0 Å². The number of carbonyl (C=O) groups is 1. The van der Waals surface area contributed by atoms with Crippen molar-refractivity contribution in [2.24, 2.45) is 0 Å². The van der Waals surface area contributed by atoms with Gasteiger partial charge in [0.1, 0.15) is 0 Å². The van der Waals surface area contributed by atoms with Gasteiger partial charge in [-0.2, -0.15) is 0 Å². The predicted molar refractivity (Wildman–Crippen MR) is 51.3 cm³/mol. The number of aryl methyl sites for hydroxylation is 1. The van der Waals surface area contributed by atoms with Crippen LogP contribution in [-0.4, -0.2) is 26.1 Å². The third-order valence-electron chi connectivity index (χ3n) is 1.96. The van der Waals surface area contributed by atoms with Gasteiger partial charge in [0.25, 0.3) is 0 Å². The fourth-order valence-electron chi connectivity index (χ4n) is 1.37.